The topological polar surface area (TPSA) is 127 Å². The number of nitrogens with one attached hydrogen (secondary N) is 2. The lowest BCUT2D eigenvalue weighted by atomic mass is 9.61. The number of hydrogen-bond donors (Lipinski definition) is 2. The van der Waals surface area contributed by atoms with Crippen LogP contribution in [0.15, 0.2) is 59.7 Å². The van der Waals surface area contributed by atoms with Gasteiger partial charge >= 0.3 is 11.9 Å². The predicted molar refractivity (Wildman–Crippen MR) is 172 cm³/mol. The van der Waals surface area contributed by atoms with Crippen molar-refractivity contribution in [2.75, 3.05) is 12.4 Å². The van der Waals surface area contributed by atoms with Gasteiger partial charge in [-0.2, -0.15) is 5.26 Å². The monoisotopic (exact) mass is 671 g/mol. The van der Waals surface area contributed by atoms with Crippen LogP contribution in [0.4, 0.5) is 10.1 Å². The first-order valence-electron chi connectivity index (χ1n) is 14.6. The van der Waals surface area contributed by atoms with Gasteiger partial charge in [0.1, 0.15) is 17.0 Å². The summed E-state index contributed by atoms with van der Waals surface area (Å²) in [5, 5.41) is 17.9. The Bertz CT molecular complexity index is 1630. The number of rotatable bonds is 9. The third-order valence-electron chi connectivity index (χ3n) is 8.06. The summed E-state index contributed by atoms with van der Waals surface area (Å²) in [7, 11) is 1.37. The third kappa shape index (κ3) is 7.22. The molecular weight excluding hydrogens is 636 g/mol. The van der Waals surface area contributed by atoms with Gasteiger partial charge in [-0.05, 0) is 48.2 Å². The second-order valence-electron chi connectivity index (χ2n) is 12.5. The number of carbonyl (C=O) groups is 3. The van der Waals surface area contributed by atoms with Crippen molar-refractivity contribution in [2.45, 2.75) is 64.8 Å². The van der Waals surface area contributed by atoms with Gasteiger partial charge in [0, 0.05) is 47.3 Å². The van der Waals surface area contributed by atoms with Crippen LogP contribution in [0.25, 0.3) is 0 Å². The molecule has 1 saturated heterocycles. The molecule has 4 rings (SSSR count). The lowest BCUT2D eigenvalue weighted by molar-refractivity contribution is -0.162. The number of halogens is 3. The summed E-state index contributed by atoms with van der Waals surface area (Å²) >= 11 is 12.8. The van der Waals surface area contributed by atoms with Crippen molar-refractivity contribution in [1.82, 2.24) is 5.32 Å². The normalized spacial score (nSPS) is 24.5. The third-order valence-corrected chi connectivity index (χ3v) is 8.67. The highest BCUT2D eigenvalue weighted by atomic mass is 35.5. The molecule has 6 atom stereocenters. The zero-order valence-electron chi connectivity index (χ0n) is 26.3. The molecule has 46 heavy (non-hydrogen) atoms. The second-order valence-corrected chi connectivity index (χ2v) is 13.4. The molecule has 0 radical (unpaired) electrons. The van der Waals surface area contributed by atoms with Crippen molar-refractivity contribution >= 4 is 46.7 Å². The van der Waals surface area contributed by atoms with E-state index in [4.69, 9.17) is 37.4 Å². The van der Waals surface area contributed by atoms with Crippen LogP contribution in [0.2, 0.25) is 5.02 Å². The number of hydrogen-bond acceptors (Lipinski definition) is 8. The van der Waals surface area contributed by atoms with E-state index in [0.29, 0.717) is 11.5 Å². The molecule has 0 bridgehead atoms. The van der Waals surface area contributed by atoms with Crippen molar-refractivity contribution in [3.05, 3.63) is 81.6 Å². The highest BCUT2D eigenvalue weighted by Gasteiger charge is 2.62. The van der Waals surface area contributed by atoms with Gasteiger partial charge in [-0.25, -0.2) is 9.18 Å². The summed E-state index contributed by atoms with van der Waals surface area (Å²) in [6.45, 7) is 8.61. The van der Waals surface area contributed by atoms with Crippen LogP contribution >= 0.6 is 23.2 Å². The molecule has 0 saturated carbocycles. The van der Waals surface area contributed by atoms with Crippen LogP contribution < -0.4 is 15.4 Å². The number of methoxy groups -OCH3 is 1. The summed E-state index contributed by atoms with van der Waals surface area (Å²) < 4.78 is 31.3. The fourth-order valence-electron chi connectivity index (χ4n) is 6.28. The van der Waals surface area contributed by atoms with Gasteiger partial charge in [-0.1, -0.05) is 62.2 Å². The molecule has 1 amide bonds. The van der Waals surface area contributed by atoms with Gasteiger partial charge in [0.2, 0.25) is 12.2 Å². The molecule has 9 nitrogen and oxygen atoms in total. The summed E-state index contributed by atoms with van der Waals surface area (Å²) in [6.07, 6.45) is 4.57. The van der Waals surface area contributed by atoms with Gasteiger partial charge in [-0.15, -0.1) is 0 Å². The van der Waals surface area contributed by atoms with Crippen molar-refractivity contribution in [1.29, 1.82) is 5.26 Å². The molecule has 2 N–H and O–H groups in total. The minimum Gasteiger partial charge on any atom is -0.495 e. The first kappa shape index (κ1) is 35.0. The van der Waals surface area contributed by atoms with E-state index >= 15 is 4.39 Å². The van der Waals surface area contributed by atoms with E-state index in [2.05, 4.69) is 16.7 Å². The van der Waals surface area contributed by atoms with Crippen molar-refractivity contribution in [3.8, 4) is 11.8 Å². The Labute approximate surface area is 277 Å². The Morgan fingerprint density at radius 3 is 2.43 bits per heavy atom. The largest absolute Gasteiger partial charge is 0.495 e. The summed E-state index contributed by atoms with van der Waals surface area (Å²) in [5.74, 6) is -3.83. The average Bonchev–Trinajstić information content (AvgIpc) is 3.52. The van der Waals surface area contributed by atoms with Crippen molar-refractivity contribution in [2.24, 2.45) is 17.3 Å². The average molecular weight is 673 g/mol. The second kappa shape index (κ2) is 13.8. The molecule has 1 aliphatic carbocycles. The van der Waals surface area contributed by atoms with Crippen LogP contribution in [0.3, 0.4) is 0 Å². The number of esters is 2. The summed E-state index contributed by atoms with van der Waals surface area (Å²) in [6, 6.07) is 9.24. The Hall–Kier alpha value is -3.91. The number of allylic oxidation sites excluding steroid dienone is 4. The molecule has 2 aromatic carbocycles. The lowest BCUT2D eigenvalue weighted by Crippen LogP contribution is -2.47. The van der Waals surface area contributed by atoms with E-state index < -0.39 is 59.3 Å². The zero-order valence-corrected chi connectivity index (χ0v) is 27.8. The van der Waals surface area contributed by atoms with Crippen LogP contribution in [-0.4, -0.2) is 43.3 Å². The van der Waals surface area contributed by atoms with E-state index in [1.807, 2.05) is 26.8 Å². The number of nitriles is 1. The molecule has 2 aliphatic rings. The number of ether oxygens (including phenoxy) is 3. The maximum absolute atomic E-state index is 15.8. The minimum atomic E-state index is -1.53. The Kier molecular flexibility index (Phi) is 10.5. The highest BCUT2D eigenvalue weighted by molar-refractivity contribution is 6.30. The lowest BCUT2D eigenvalue weighted by Gasteiger charge is -2.39. The van der Waals surface area contributed by atoms with Crippen LogP contribution in [0.1, 0.15) is 57.0 Å². The van der Waals surface area contributed by atoms with Crippen molar-refractivity contribution in [3.63, 3.8) is 0 Å². The quantitative estimate of drug-likeness (QED) is 0.224. The minimum absolute atomic E-state index is 0.0886. The van der Waals surface area contributed by atoms with E-state index in [-0.39, 0.29) is 33.0 Å². The smallest absolute Gasteiger partial charge is 0.341 e. The van der Waals surface area contributed by atoms with E-state index in [1.54, 1.807) is 12.2 Å². The first-order chi connectivity index (χ1) is 21.6. The van der Waals surface area contributed by atoms with Crippen molar-refractivity contribution < 1.29 is 33.0 Å². The first-order valence-corrected chi connectivity index (χ1v) is 15.4. The zero-order chi connectivity index (χ0) is 34.0. The molecule has 1 heterocycles. The molecule has 2 aromatic rings. The van der Waals surface area contributed by atoms with E-state index in [0.717, 1.165) is 0 Å². The van der Waals surface area contributed by atoms with Gasteiger partial charge in [0.15, 0.2) is 0 Å². The van der Waals surface area contributed by atoms with Gasteiger partial charge in [0.25, 0.3) is 0 Å². The Morgan fingerprint density at radius 2 is 1.87 bits per heavy atom. The fourth-order valence-corrected chi connectivity index (χ4v) is 6.72. The van der Waals surface area contributed by atoms with Gasteiger partial charge in [0.05, 0.1) is 30.5 Å². The van der Waals surface area contributed by atoms with Gasteiger partial charge < -0.3 is 24.8 Å². The Morgan fingerprint density at radius 1 is 1.15 bits per heavy atom. The molecule has 244 valence electrons. The number of benzene rings is 2. The maximum Gasteiger partial charge on any atom is 0.341 e. The SMILES string of the molecule is COc1cc(C(=O)OC(C)OC(C)=O)ccc1NC(=O)[C@@H]1NC(CC(C)(C)C)[C@](C#N)(c2ccc(Cl)cc2F)[C@H]1C1C=CC=C1Cl. The number of amides is 1. The maximum atomic E-state index is 15.8. The molecule has 12 heteroatoms. The summed E-state index contributed by atoms with van der Waals surface area (Å²) in [4.78, 5) is 38.1. The molecule has 1 aliphatic heterocycles. The van der Waals surface area contributed by atoms with Crippen LogP contribution in [0.5, 0.6) is 5.75 Å². The molecule has 0 aromatic heterocycles. The number of carbonyl (C=O) groups excluding carboxylic acids is 3. The van der Waals surface area contributed by atoms with Crippen LogP contribution in [-0.2, 0) is 24.5 Å². The standard InChI is InChI=1S/C34H36Cl2FN3O6/c1-18(41)45-19(2)46-32(43)20-10-13-26(27(14-20)44-6)39-31(42)30-29(22-8-7-9-24(22)36)34(17-38,28(40-30)16-33(3,4)5)23-12-11-21(35)15-25(23)37/h7-15,19,22,28-30,40H,16H2,1-6H3,(H,39,42)/t19?,22?,28?,29-,30+,34-/m0/s1. The molecule has 0 spiro atoms. The van der Waals surface area contributed by atoms with Gasteiger partial charge in [-0.3, -0.25) is 9.59 Å². The number of anilines is 1. The predicted octanol–water partition coefficient (Wildman–Crippen LogP) is 6.66. The summed E-state index contributed by atoms with van der Waals surface area (Å²) in [5.41, 5.74) is -1.40. The van der Waals surface area contributed by atoms with E-state index in [9.17, 15) is 19.6 Å². The van der Waals surface area contributed by atoms with E-state index in [1.165, 1.54) is 57.4 Å². The molecule has 3 unspecified atom stereocenters. The molecule has 1 fully saturated rings. The number of nitrogens with zero attached hydrogens (tertiary/aromatic N) is 1. The fraction of sp³-hybridized carbons (Fsp3) is 0.412. The molecular formula is C34H36Cl2FN3O6. The highest BCUT2D eigenvalue weighted by Crippen LogP contribution is 2.53. The van der Waals surface area contributed by atoms with Crippen LogP contribution in [0, 0.1) is 34.4 Å². The Balaban J connectivity index is 1.75.